The molecule has 0 unspecified atom stereocenters. The largest absolute Gasteiger partial charge is 0.456 e. The molecule has 1 atom stereocenters. The highest BCUT2D eigenvalue weighted by Gasteiger charge is 2.27. The van der Waals surface area contributed by atoms with Crippen LogP contribution in [0.4, 0.5) is 0 Å². The number of Topliss-reactive ketones (excluding diaryl/α,β-unsaturated/α-hetero) is 1. The van der Waals surface area contributed by atoms with Gasteiger partial charge >= 0.3 is 5.97 Å². The quantitative estimate of drug-likeness (QED) is 0.483. The minimum atomic E-state index is -0.850. The van der Waals surface area contributed by atoms with Crippen molar-refractivity contribution in [3.63, 3.8) is 0 Å². The van der Waals surface area contributed by atoms with Crippen molar-refractivity contribution in [2.75, 3.05) is 6.61 Å². The van der Waals surface area contributed by atoms with Crippen molar-refractivity contribution in [1.82, 2.24) is 10.6 Å². The molecule has 0 bridgehead atoms. The van der Waals surface area contributed by atoms with Gasteiger partial charge in [0.2, 0.25) is 5.91 Å². The summed E-state index contributed by atoms with van der Waals surface area (Å²) in [6.07, 6.45) is 0. The summed E-state index contributed by atoms with van der Waals surface area (Å²) in [4.78, 5) is 48.3. The van der Waals surface area contributed by atoms with Gasteiger partial charge < -0.3 is 15.4 Å². The highest BCUT2D eigenvalue weighted by molar-refractivity contribution is 7.12. The van der Waals surface area contributed by atoms with E-state index in [1.165, 1.54) is 18.3 Å². The summed E-state index contributed by atoms with van der Waals surface area (Å²) < 4.78 is 5.15. The van der Waals surface area contributed by atoms with E-state index in [1.54, 1.807) is 55.6 Å². The van der Waals surface area contributed by atoms with Gasteiger partial charge in [-0.3, -0.25) is 14.4 Å². The van der Waals surface area contributed by atoms with Crippen molar-refractivity contribution in [2.24, 2.45) is 5.92 Å². The Morgan fingerprint density at radius 2 is 1.76 bits per heavy atom. The molecule has 0 aliphatic heterocycles. The molecule has 2 N–H and O–H groups in total. The van der Waals surface area contributed by atoms with Crippen LogP contribution in [-0.2, 0) is 20.9 Å². The van der Waals surface area contributed by atoms with Crippen LogP contribution in [0, 0.1) is 5.92 Å². The number of thiophene rings is 1. The number of carbonyl (C=O) groups is 4. The van der Waals surface area contributed by atoms with Crippen LogP contribution in [-0.4, -0.2) is 36.2 Å². The van der Waals surface area contributed by atoms with Gasteiger partial charge in [0.05, 0.1) is 4.88 Å². The monoisotopic (exact) mass is 416 g/mol. The predicted octanol–water partition coefficient (Wildman–Crippen LogP) is 2.56. The van der Waals surface area contributed by atoms with Crippen LogP contribution in [0.5, 0.6) is 0 Å². The number of ketones is 1. The molecule has 2 rings (SSSR count). The smallest absolute Gasteiger partial charge is 0.329 e. The molecule has 0 aliphatic rings. The molecule has 29 heavy (non-hydrogen) atoms. The van der Waals surface area contributed by atoms with Crippen molar-refractivity contribution in [3.05, 3.63) is 57.8 Å². The zero-order chi connectivity index (χ0) is 21.4. The molecule has 2 aromatic rings. The molecule has 1 heterocycles. The van der Waals surface area contributed by atoms with E-state index in [2.05, 4.69) is 10.6 Å². The minimum absolute atomic E-state index is 0.136. The van der Waals surface area contributed by atoms with E-state index < -0.39 is 18.6 Å². The highest BCUT2D eigenvalue weighted by Crippen LogP contribution is 2.12. The molecule has 1 aromatic heterocycles. The first-order valence-corrected chi connectivity index (χ1v) is 10.0. The Bertz CT molecular complexity index is 860. The molecule has 2 amide bonds. The molecule has 0 aliphatic carbocycles. The second-order valence-electron chi connectivity index (χ2n) is 6.81. The van der Waals surface area contributed by atoms with E-state index >= 15 is 0 Å². The molecule has 7 nitrogen and oxygen atoms in total. The Balaban J connectivity index is 1.90. The number of amides is 2. The fourth-order valence-electron chi connectivity index (χ4n) is 2.46. The number of nitrogens with one attached hydrogen (secondary N) is 2. The zero-order valence-corrected chi connectivity index (χ0v) is 17.4. The summed E-state index contributed by atoms with van der Waals surface area (Å²) >= 11 is 1.28. The average molecular weight is 416 g/mol. The van der Waals surface area contributed by atoms with E-state index in [0.29, 0.717) is 17.0 Å². The Hall–Kier alpha value is -3.00. The number of esters is 1. The van der Waals surface area contributed by atoms with Crippen molar-refractivity contribution in [1.29, 1.82) is 0 Å². The lowest BCUT2D eigenvalue weighted by Gasteiger charge is -2.20. The van der Waals surface area contributed by atoms with Gasteiger partial charge in [-0.25, -0.2) is 4.79 Å². The Morgan fingerprint density at radius 3 is 2.31 bits per heavy atom. The Morgan fingerprint density at radius 1 is 1.07 bits per heavy atom. The zero-order valence-electron chi connectivity index (χ0n) is 16.6. The molecule has 0 radical (unpaired) electrons. The summed E-state index contributed by atoms with van der Waals surface area (Å²) in [5, 5.41) is 7.11. The lowest BCUT2D eigenvalue weighted by molar-refractivity contribution is -0.146. The van der Waals surface area contributed by atoms with Crippen molar-refractivity contribution >= 4 is 34.9 Å². The van der Waals surface area contributed by atoms with Gasteiger partial charge in [-0.2, -0.15) is 0 Å². The van der Waals surface area contributed by atoms with E-state index in [0.717, 1.165) is 5.56 Å². The minimum Gasteiger partial charge on any atom is -0.456 e. The van der Waals surface area contributed by atoms with Crippen molar-refractivity contribution < 1.29 is 23.9 Å². The van der Waals surface area contributed by atoms with E-state index in [9.17, 15) is 19.2 Å². The summed E-state index contributed by atoms with van der Waals surface area (Å²) in [5.74, 6) is -1.69. The molecular weight excluding hydrogens is 392 g/mol. The third kappa shape index (κ3) is 6.83. The summed E-state index contributed by atoms with van der Waals surface area (Å²) in [7, 11) is 0. The fraction of sp³-hybridized carbons (Fsp3) is 0.333. The van der Waals surface area contributed by atoms with Crippen LogP contribution >= 0.6 is 11.3 Å². The first kappa shape index (κ1) is 22.3. The summed E-state index contributed by atoms with van der Waals surface area (Å²) in [6, 6.07) is 9.26. The molecule has 0 saturated carbocycles. The van der Waals surface area contributed by atoms with Gasteiger partial charge in [-0.1, -0.05) is 44.2 Å². The molecule has 8 heteroatoms. The normalized spacial score (nSPS) is 11.6. The molecule has 0 saturated heterocycles. The van der Waals surface area contributed by atoms with Crippen LogP contribution in [0.25, 0.3) is 0 Å². The SMILES string of the molecule is CC(=O)NCc1ccc(C(=O)COC(=O)[C@@H](NC(=O)c2cccs2)C(C)C)cc1. The molecule has 1 aromatic carbocycles. The van der Waals surface area contributed by atoms with Crippen molar-refractivity contribution in [3.8, 4) is 0 Å². The van der Waals surface area contributed by atoms with E-state index in [1.807, 2.05) is 0 Å². The van der Waals surface area contributed by atoms with E-state index in [4.69, 9.17) is 4.74 Å². The third-order valence-electron chi connectivity index (χ3n) is 4.12. The number of rotatable bonds is 9. The lowest BCUT2D eigenvalue weighted by atomic mass is 10.0. The van der Waals surface area contributed by atoms with Crippen molar-refractivity contribution in [2.45, 2.75) is 33.4 Å². The van der Waals surface area contributed by atoms with Crippen LogP contribution in [0.2, 0.25) is 0 Å². The van der Waals surface area contributed by atoms with Gasteiger partial charge in [0, 0.05) is 19.0 Å². The predicted molar refractivity (Wildman–Crippen MR) is 110 cm³/mol. The summed E-state index contributed by atoms with van der Waals surface area (Å²) in [5.41, 5.74) is 1.25. The van der Waals surface area contributed by atoms with Crippen LogP contribution in [0.15, 0.2) is 41.8 Å². The standard InChI is InChI=1S/C21H24N2O5S/c1-13(2)19(23-20(26)18-5-4-10-29-18)21(27)28-12-17(25)16-8-6-15(7-9-16)11-22-14(3)24/h4-10,13,19H,11-12H2,1-3H3,(H,22,24)(H,23,26)/t19-/m0/s1. The molecule has 0 fully saturated rings. The fourth-order valence-corrected chi connectivity index (χ4v) is 3.09. The first-order chi connectivity index (χ1) is 13.8. The van der Waals surface area contributed by atoms with Gasteiger partial charge in [-0.15, -0.1) is 11.3 Å². The number of benzene rings is 1. The maximum Gasteiger partial charge on any atom is 0.329 e. The maximum absolute atomic E-state index is 12.4. The van der Waals surface area contributed by atoms with Crippen LogP contribution < -0.4 is 10.6 Å². The second-order valence-corrected chi connectivity index (χ2v) is 7.76. The number of hydrogen-bond donors (Lipinski definition) is 2. The van der Waals surface area contributed by atoms with Gasteiger partial charge in [0.1, 0.15) is 6.04 Å². The Labute approximate surface area is 173 Å². The highest BCUT2D eigenvalue weighted by atomic mass is 32.1. The van der Waals surface area contributed by atoms with Crippen LogP contribution in [0.1, 0.15) is 46.4 Å². The number of carbonyl (C=O) groups excluding carboxylic acids is 4. The van der Waals surface area contributed by atoms with Gasteiger partial charge in [0.15, 0.2) is 12.4 Å². The average Bonchev–Trinajstić information content (AvgIpc) is 3.23. The Kier molecular flexibility index (Phi) is 8.09. The van der Waals surface area contributed by atoms with Crippen LogP contribution in [0.3, 0.4) is 0 Å². The van der Waals surface area contributed by atoms with Gasteiger partial charge in [-0.05, 0) is 22.9 Å². The summed E-state index contributed by atoms with van der Waals surface area (Å²) in [6.45, 7) is 4.97. The number of hydrogen-bond acceptors (Lipinski definition) is 6. The third-order valence-corrected chi connectivity index (χ3v) is 4.98. The molecular formula is C21H24N2O5S. The van der Waals surface area contributed by atoms with Gasteiger partial charge in [0.25, 0.3) is 5.91 Å². The maximum atomic E-state index is 12.4. The molecule has 154 valence electrons. The topological polar surface area (TPSA) is 102 Å². The number of ether oxygens (including phenoxy) is 1. The lowest BCUT2D eigenvalue weighted by Crippen LogP contribution is -2.45. The first-order valence-electron chi connectivity index (χ1n) is 9.15. The second kappa shape index (κ2) is 10.5. The molecule has 0 spiro atoms. The van der Waals surface area contributed by atoms with E-state index in [-0.39, 0.29) is 23.5 Å².